The average Bonchev–Trinajstić information content (AvgIpc) is 3.00. The molecule has 8 unspecified atom stereocenters. The maximum atomic E-state index is 13.6. The maximum Gasteiger partial charge on any atom is 0.159 e. The Labute approximate surface area is 197 Å². The van der Waals surface area contributed by atoms with Crippen molar-refractivity contribution in [3.63, 3.8) is 0 Å². The van der Waals surface area contributed by atoms with Gasteiger partial charge in [-0.25, -0.2) is 0 Å². The standard InChI is InChI=1S/C27H41NO5/c1-16-13-28(14-17(2)33-16)15-24(31)20-7-10-27(32)21-12-23(30)22-11-18(29)5-8-25(22,3)19(21)6-9-26(20,27)4/h12,16-20,22,29,32H,5-11,13-15H2,1-4H3/t16?,17?,18?,19?,20?,22?,25?,26?,27-/m1/s1. The molecule has 0 spiro atoms. The number of carbonyl (C=O) groups is 2. The summed E-state index contributed by atoms with van der Waals surface area (Å²) >= 11 is 0. The summed E-state index contributed by atoms with van der Waals surface area (Å²) in [5, 5.41) is 22.4. The van der Waals surface area contributed by atoms with Gasteiger partial charge in [-0.15, -0.1) is 0 Å². The number of aliphatic hydroxyl groups excluding tert-OH is 1. The lowest BCUT2D eigenvalue weighted by Crippen LogP contribution is -2.59. The summed E-state index contributed by atoms with van der Waals surface area (Å²) < 4.78 is 5.83. The molecule has 33 heavy (non-hydrogen) atoms. The van der Waals surface area contributed by atoms with Gasteiger partial charge in [0.1, 0.15) is 0 Å². The first kappa shape index (κ1) is 23.7. The van der Waals surface area contributed by atoms with E-state index in [4.69, 9.17) is 4.74 Å². The molecule has 9 atom stereocenters. The first-order valence-corrected chi connectivity index (χ1v) is 13.0. The molecule has 5 aliphatic rings. The van der Waals surface area contributed by atoms with E-state index in [9.17, 15) is 19.8 Å². The van der Waals surface area contributed by atoms with E-state index in [0.29, 0.717) is 25.8 Å². The number of allylic oxidation sites excluding steroid dienone is 1. The molecular weight excluding hydrogens is 418 g/mol. The minimum absolute atomic E-state index is 0.0613. The van der Waals surface area contributed by atoms with Crippen molar-refractivity contribution < 1.29 is 24.5 Å². The fraction of sp³-hybridized carbons (Fsp3) is 0.852. The van der Waals surface area contributed by atoms with E-state index < -0.39 is 17.1 Å². The summed E-state index contributed by atoms with van der Waals surface area (Å²) in [4.78, 5) is 29.0. The van der Waals surface area contributed by atoms with Gasteiger partial charge in [-0.3, -0.25) is 14.5 Å². The molecule has 1 aliphatic heterocycles. The van der Waals surface area contributed by atoms with Crippen LogP contribution in [0.25, 0.3) is 0 Å². The summed E-state index contributed by atoms with van der Waals surface area (Å²) in [5.41, 5.74) is -0.949. The average molecular weight is 460 g/mol. The fourth-order valence-electron chi connectivity index (χ4n) is 8.58. The van der Waals surface area contributed by atoms with Crippen molar-refractivity contribution in [1.82, 2.24) is 4.90 Å². The van der Waals surface area contributed by atoms with Crippen LogP contribution in [0.15, 0.2) is 11.6 Å². The zero-order chi connectivity index (χ0) is 23.8. The highest BCUT2D eigenvalue weighted by Gasteiger charge is 2.66. The number of hydrogen-bond donors (Lipinski definition) is 2. The number of fused-ring (bicyclic) bond motifs is 5. The van der Waals surface area contributed by atoms with Crippen LogP contribution < -0.4 is 0 Å². The summed E-state index contributed by atoms with van der Waals surface area (Å²) in [6, 6.07) is 0. The van der Waals surface area contributed by atoms with Crippen molar-refractivity contribution in [3.05, 3.63) is 11.6 Å². The Kier molecular flexibility index (Phi) is 5.71. The maximum absolute atomic E-state index is 13.6. The van der Waals surface area contributed by atoms with Crippen molar-refractivity contribution in [2.24, 2.45) is 28.6 Å². The van der Waals surface area contributed by atoms with Gasteiger partial charge in [0.2, 0.25) is 0 Å². The highest BCUT2D eigenvalue weighted by atomic mass is 16.5. The lowest BCUT2D eigenvalue weighted by Gasteiger charge is -2.59. The third-order valence-corrected chi connectivity index (χ3v) is 10.3. The molecule has 0 aromatic rings. The molecule has 0 amide bonds. The number of nitrogens with zero attached hydrogens (tertiary/aromatic N) is 1. The third-order valence-electron chi connectivity index (χ3n) is 10.3. The molecule has 1 saturated heterocycles. The van der Waals surface area contributed by atoms with Crippen LogP contribution in [-0.2, 0) is 14.3 Å². The lowest BCUT2D eigenvalue weighted by molar-refractivity contribution is -0.145. The summed E-state index contributed by atoms with van der Waals surface area (Å²) in [5.74, 6) is 0.0892. The van der Waals surface area contributed by atoms with E-state index in [1.807, 2.05) is 0 Å². The number of ketones is 2. The molecule has 184 valence electrons. The molecule has 2 N–H and O–H groups in total. The molecule has 4 aliphatic carbocycles. The first-order chi connectivity index (χ1) is 15.5. The summed E-state index contributed by atoms with van der Waals surface area (Å²) in [6.45, 7) is 10.3. The fourth-order valence-corrected chi connectivity index (χ4v) is 8.58. The normalized spacial score (nSPS) is 50.2. The van der Waals surface area contributed by atoms with Gasteiger partial charge >= 0.3 is 0 Å². The molecule has 0 aromatic carbocycles. The number of aliphatic hydroxyl groups is 2. The van der Waals surface area contributed by atoms with Gasteiger partial charge in [-0.2, -0.15) is 0 Å². The second kappa shape index (κ2) is 7.97. The first-order valence-electron chi connectivity index (χ1n) is 13.0. The zero-order valence-electron chi connectivity index (χ0n) is 20.7. The third kappa shape index (κ3) is 3.50. The Morgan fingerprint density at radius 1 is 1.09 bits per heavy atom. The van der Waals surface area contributed by atoms with Crippen molar-refractivity contribution in [2.75, 3.05) is 19.6 Å². The van der Waals surface area contributed by atoms with Gasteiger partial charge in [0.05, 0.1) is 30.5 Å². The van der Waals surface area contributed by atoms with Gasteiger partial charge in [-0.05, 0) is 81.8 Å². The minimum Gasteiger partial charge on any atom is -0.393 e. The van der Waals surface area contributed by atoms with Gasteiger partial charge in [0.25, 0.3) is 0 Å². The number of morpholine rings is 1. The van der Waals surface area contributed by atoms with E-state index >= 15 is 0 Å². The number of hydrogen-bond acceptors (Lipinski definition) is 6. The molecule has 6 nitrogen and oxygen atoms in total. The van der Waals surface area contributed by atoms with Crippen LogP contribution in [0.3, 0.4) is 0 Å². The highest BCUT2D eigenvalue weighted by Crippen LogP contribution is 2.67. The molecule has 1 heterocycles. The molecule has 4 fully saturated rings. The minimum atomic E-state index is -1.10. The monoisotopic (exact) mass is 459 g/mol. The predicted octanol–water partition coefficient (Wildman–Crippen LogP) is 2.90. The largest absolute Gasteiger partial charge is 0.393 e. The number of Topliss-reactive ketones (excluding diaryl/α,β-unsaturated/α-hetero) is 1. The van der Waals surface area contributed by atoms with Crippen molar-refractivity contribution in [3.8, 4) is 0 Å². The number of ether oxygens (including phenoxy) is 1. The Balaban J connectivity index is 1.41. The molecule has 6 heteroatoms. The zero-order valence-corrected chi connectivity index (χ0v) is 20.7. The molecule has 5 rings (SSSR count). The van der Waals surface area contributed by atoms with Crippen LogP contribution in [0.4, 0.5) is 0 Å². The van der Waals surface area contributed by atoms with Gasteiger partial charge in [0, 0.05) is 30.3 Å². The Bertz CT molecular complexity index is 861. The Morgan fingerprint density at radius 3 is 2.48 bits per heavy atom. The lowest BCUT2D eigenvalue weighted by atomic mass is 9.46. The van der Waals surface area contributed by atoms with Crippen LogP contribution >= 0.6 is 0 Å². The van der Waals surface area contributed by atoms with E-state index in [1.54, 1.807) is 6.08 Å². The predicted molar refractivity (Wildman–Crippen MR) is 125 cm³/mol. The quantitative estimate of drug-likeness (QED) is 0.675. The van der Waals surface area contributed by atoms with Gasteiger partial charge in [-0.1, -0.05) is 13.8 Å². The summed E-state index contributed by atoms with van der Waals surface area (Å²) in [6.07, 6.45) is 6.56. The Hall–Kier alpha value is -1.08. The van der Waals surface area contributed by atoms with E-state index in [1.165, 1.54) is 0 Å². The molecule has 0 bridgehead atoms. The molecule has 3 saturated carbocycles. The van der Waals surface area contributed by atoms with Crippen LogP contribution in [0.1, 0.15) is 72.6 Å². The van der Waals surface area contributed by atoms with Gasteiger partial charge in [0.15, 0.2) is 11.6 Å². The SMILES string of the molecule is CC1CN(CC(=O)C2CC[C@@]3(O)C4=CC(=O)C5CC(O)CCC5(C)C4CCC23C)CC(C)O1. The summed E-state index contributed by atoms with van der Waals surface area (Å²) in [7, 11) is 0. The molecular formula is C27H41NO5. The Morgan fingerprint density at radius 2 is 1.79 bits per heavy atom. The van der Waals surface area contributed by atoms with E-state index in [2.05, 4.69) is 32.6 Å². The van der Waals surface area contributed by atoms with Gasteiger partial charge < -0.3 is 14.9 Å². The van der Waals surface area contributed by atoms with Crippen LogP contribution in [0.2, 0.25) is 0 Å². The number of rotatable bonds is 3. The van der Waals surface area contributed by atoms with Crippen LogP contribution in [0.5, 0.6) is 0 Å². The van der Waals surface area contributed by atoms with Crippen LogP contribution in [-0.4, -0.2) is 70.2 Å². The van der Waals surface area contributed by atoms with Crippen molar-refractivity contribution >= 4 is 11.6 Å². The van der Waals surface area contributed by atoms with E-state index in [-0.39, 0.29) is 46.9 Å². The molecule has 0 aromatic heterocycles. The second-order valence-electron chi connectivity index (χ2n) is 12.4. The second-order valence-corrected chi connectivity index (χ2v) is 12.4. The topological polar surface area (TPSA) is 87.1 Å². The number of carbonyl (C=O) groups excluding carboxylic acids is 2. The smallest absolute Gasteiger partial charge is 0.159 e. The highest BCUT2D eigenvalue weighted by molar-refractivity contribution is 5.95. The van der Waals surface area contributed by atoms with E-state index in [0.717, 1.165) is 44.3 Å². The van der Waals surface area contributed by atoms with Crippen molar-refractivity contribution in [2.45, 2.75) is 96.6 Å². The molecule has 0 radical (unpaired) electrons. The van der Waals surface area contributed by atoms with Crippen molar-refractivity contribution in [1.29, 1.82) is 0 Å². The van der Waals surface area contributed by atoms with Crippen LogP contribution in [0, 0.1) is 28.6 Å².